The highest BCUT2D eigenvalue weighted by Crippen LogP contribution is 2.30. The number of non-ortho nitro benzene ring substituents is 1. The Morgan fingerprint density at radius 2 is 2.18 bits per heavy atom. The first kappa shape index (κ1) is 19.8. The van der Waals surface area contributed by atoms with E-state index < -0.39 is 10.8 Å². The van der Waals surface area contributed by atoms with Crippen molar-refractivity contribution < 1.29 is 9.72 Å². The number of anilines is 1. The summed E-state index contributed by atoms with van der Waals surface area (Å²) in [5, 5.41) is 15.8. The molecule has 7 nitrogen and oxygen atoms in total. The van der Waals surface area contributed by atoms with Gasteiger partial charge in [0.25, 0.3) is 11.6 Å². The molecule has 0 radical (unpaired) electrons. The number of aromatic nitrogens is 2. The average Bonchev–Trinajstić information content (AvgIpc) is 3.21. The fraction of sp³-hybridized carbons (Fsp3) is 0.158. The Labute approximate surface area is 170 Å². The molecule has 28 heavy (non-hydrogen) atoms. The van der Waals surface area contributed by atoms with E-state index in [0.29, 0.717) is 11.7 Å². The Morgan fingerprint density at radius 3 is 2.82 bits per heavy atom. The first-order valence-electron chi connectivity index (χ1n) is 8.30. The van der Waals surface area contributed by atoms with E-state index in [2.05, 4.69) is 21.4 Å². The van der Waals surface area contributed by atoms with Gasteiger partial charge in [0.1, 0.15) is 0 Å². The molecule has 0 unspecified atom stereocenters. The van der Waals surface area contributed by atoms with Crippen molar-refractivity contribution in [2.24, 2.45) is 0 Å². The van der Waals surface area contributed by atoms with Gasteiger partial charge < -0.3 is 4.57 Å². The lowest BCUT2D eigenvalue weighted by molar-refractivity contribution is -0.384. The molecule has 0 atom stereocenters. The maximum atomic E-state index is 12.5. The average molecular weight is 417 g/mol. The number of carbonyl (C=O) groups is 1. The van der Waals surface area contributed by atoms with E-state index in [0.717, 1.165) is 28.7 Å². The zero-order valence-corrected chi connectivity index (χ0v) is 16.8. The van der Waals surface area contributed by atoms with Crippen LogP contribution in [0.3, 0.4) is 0 Å². The van der Waals surface area contributed by atoms with Gasteiger partial charge in [-0.3, -0.25) is 20.2 Å². The molecule has 1 aromatic carbocycles. The number of hydrogen-bond acceptors (Lipinski definition) is 5. The first-order chi connectivity index (χ1) is 13.3. The van der Waals surface area contributed by atoms with Gasteiger partial charge in [-0.15, -0.1) is 17.9 Å². The lowest BCUT2D eigenvalue weighted by Crippen LogP contribution is -2.12. The van der Waals surface area contributed by atoms with Crippen LogP contribution in [0.5, 0.6) is 0 Å². The minimum absolute atomic E-state index is 0.0106. The number of hydrogen-bond donors (Lipinski definition) is 1. The van der Waals surface area contributed by atoms with E-state index in [9.17, 15) is 14.9 Å². The Balaban J connectivity index is 1.82. The molecule has 0 saturated heterocycles. The summed E-state index contributed by atoms with van der Waals surface area (Å²) in [7, 11) is 0. The SMILES string of the molecule is C=CCn1c(C)cc(-c2csc(NC(=O)c3ccc([N+](=O)[O-])cc3Cl)n2)c1C. The fourth-order valence-corrected chi connectivity index (χ4v) is 3.86. The second-order valence-electron chi connectivity index (χ2n) is 6.10. The highest BCUT2D eigenvalue weighted by Gasteiger charge is 2.18. The minimum Gasteiger partial charge on any atom is -0.345 e. The summed E-state index contributed by atoms with van der Waals surface area (Å²) in [4.78, 5) is 27.2. The van der Waals surface area contributed by atoms with Crippen molar-refractivity contribution in [3.8, 4) is 11.3 Å². The second-order valence-corrected chi connectivity index (χ2v) is 7.36. The van der Waals surface area contributed by atoms with E-state index in [1.165, 1.54) is 23.5 Å². The molecule has 2 aromatic heterocycles. The van der Waals surface area contributed by atoms with Crippen LogP contribution in [-0.2, 0) is 6.54 Å². The van der Waals surface area contributed by atoms with Gasteiger partial charge in [-0.2, -0.15) is 0 Å². The van der Waals surface area contributed by atoms with Crippen molar-refractivity contribution in [3.05, 3.63) is 74.4 Å². The van der Waals surface area contributed by atoms with Crippen molar-refractivity contribution in [2.45, 2.75) is 20.4 Å². The standard InChI is InChI=1S/C19H17ClN4O3S/c1-4-7-23-11(2)8-15(12(23)3)17-10-28-19(21-17)22-18(25)14-6-5-13(24(26)27)9-16(14)20/h4-6,8-10H,1,7H2,2-3H3,(H,21,22,25). The monoisotopic (exact) mass is 416 g/mol. The van der Waals surface area contributed by atoms with Crippen molar-refractivity contribution >= 4 is 39.7 Å². The van der Waals surface area contributed by atoms with Crippen molar-refractivity contribution in [1.29, 1.82) is 0 Å². The number of carbonyl (C=O) groups excluding carboxylic acids is 1. The molecule has 2 heterocycles. The van der Waals surface area contributed by atoms with Crippen molar-refractivity contribution in [2.75, 3.05) is 5.32 Å². The Hall–Kier alpha value is -2.97. The van der Waals surface area contributed by atoms with Crippen LogP contribution in [0.25, 0.3) is 11.3 Å². The molecule has 1 amide bonds. The van der Waals surface area contributed by atoms with Crippen LogP contribution in [-0.4, -0.2) is 20.4 Å². The number of nitro benzene ring substituents is 1. The molecule has 0 bridgehead atoms. The fourth-order valence-electron chi connectivity index (χ4n) is 2.89. The topological polar surface area (TPSA) is 90.1 Å². The van der Waals surface area contributed by atoms with E-state index in [-0.39, 0.29) is 16.3 Å². The third kappa shape index (κ3) is 3.83. The highest BCUT2D eigenvalue weighted by atomic mass is 35.5. The lowest BCUT2D eigenvalue weighted by atomic mass is 10.2. The molecule has 0 aliphatic carbocycles. The van der Waals surface area contributed by atoms with Crippen LogP contribution < -0.4 is 5.32 Å². The van der Waals surface area contributed by atoms with Crippen LogP contribution in [0, 0.1) is 24.0 Å². The lowest BCUT2D eigenvalue weighted by Gasteiger charge is -2.05. The molecule has 144 valence electrons. The molecule has 0 aliphatic heterocycles. The summed E-state index contributed by atoms with van der Waals surface area (Å²) in [6.07, 6.45) is 1.84. The maximum absolute atomic E-state index is 12.5. The van der Waals surface area contributed by atoms with Crippen LogP contribution in [0.4, 0.5) is 10.8 Å². The summed E-state index contributed by atoms with van der Waals surface area (Å²) in [6.45, 7) is 8.52. The number of allylic oxidation sites excluding steroid dienone is 1. The molecule has 0 fully saturated rings. The van der Waals surface area contributed by atoms with Gasteiger partial charge in [-0.1, -0.05) is 17.7 Å². The van der Waals surface area contributed by atoms with Crippen LogP contribution >= 0.6 is 22.9 Å². The van der Waals surface area contributed by atoms with E-state index in [4.69, 9.17) is 11.6 Å². The number of thiazole rings is 1. The van der Waals surface area contributed by atoms with Gasteiger partial charge in [-0.05, 0) is 26.0 Å². The highest BCUT2D eigenvalue weighted by molar-refractivity contribution is 7.14. The Kier molecular flexibility index (Phi) is 5.62. The zero-order chi connectivity index (χ0) is 20.4. The number of rotatable bonds is 6. The Bertz CT molecular complexity index is 1090. The van der Waals surface area contributed by atoms with Crippen LogP contribution in [0.2, 0.25) is 5.02 Å². The van der Waals surface area contributed by atoms with Crippen LogP contribution in [0.1, 0.15) is 21.7 Å². The van der Waals surface area contributed by atoms with Gasteiger partial charge in [0.15, 0.2) is 5.13 Å². The number of aryl methyl sites for hydroxylation is 1. The third-order valence-corrected chi connectivity index (χ3v) is 5.36. The Morgan fingerprint density at radius 1 is 1.43 bits per heavy atom. The predicted octanol–water partition coefficient (Wildman–Crippen LogP) is 5.23. The van der Waals surface area contributed by atoms with E-state index in [1.807, 2.05) is 31.4 Å². The number of nitrogens with zero attached hydrogens (tertiary/aromatic N) is 3. The second kappa shape index (κ2) is 7.95. The summed E-state index contributed by atoms with van der Waals surface area (Å²) < 4.78 is 2.14. The van der Waals surface area contributed by atoms with Gasteiger partial charge in [-0.25, -0.2) is 4.98 Å². The molecule has 0 aliphatic rings. The number of benzene rings is 1. The predicted molar refractivity (Wildman–Crippen MR) is 111 cm³/mol. The molecule has 3 rings (SSSR count). The molecule has 3 aromatic rings. The van der Waals surface area contributed by atoms with Crippen molar-refractivity contribution in [3.63, 3.8) is 0 Å². The van der Waals surface area contributed by atoms with Crippen LogP contribution in [0.15, 0.2) is 42.3 Å². The van der Waals surface area contributed by atoms with Crippen molar-refractivity contribution in [1.82, 2.24) is 9.55 Å². The minimum atomic E-state index is -0.566. The summed E-state index contributed by atoms with van der Waals surface area (Å²) in [6, 6.07) is 5.76. The quantitative estimate of drug-likeness (QED) is 0.338. The number of nitro groups is 1. The normalized spacial score (nSPS) is 10.7. The summed E-state index contributed by atoms with van der Waals surface area (Å²) >= 11 is 7.31. The molecule has 9 heteroatoms. The number of nitrogens with one attached hydrogen (secondary N) is 1. The number of halogens is 1. The smallest absolute Gasteiger partial charge is 0.270 e. The van der Waals surface area contributed by atoms with Gasteiger partial charge in [0.05, 0.1) is 21.2 Å². The van der Waals surface area contributed by atoms with E-state index in [1.54, 1.807) is 0 Å². The largest absolute Gasteiger partial charge is 0.345 e. The zero-order valence-electron chi connectivity index (χ0n) is 15.2. The molecular formula is C19H17ClN4O3S. The summed E-state index contributed by atoms with van der Waals surface area (Å²) in [5.74, 6) is -0.474. The summed E-state index contributed by atoms with van der Waals surface area (Å²) in [5.41, 5.74) is 3.90. The first-order valence-corrected chi connectivity index (χ1v) is 9.56. The molecule has 0 saturated carbocycles. The maximum Gasteiger partial charge on any atom is 0.270 e. The van der Waals surface area contributed by atoms with Gasteiger partial charge in [0, 0.05) is 41.0 Å². The third-order valence-electron chi connectivity index (χ3n) is 4.29. The van der Waals surface area contributed by atoms with E-state index >= 15 is 0 Å². The number of amides is 1. The molecule has 0 spiro atoms. The molecular weight excluding hydrogens is 400 g/mol. The van der Waals surface area contributed by atoms with Gasteiger partial charge in [0.2, 0.25) is 0 Å². The molecule has 1 N–H and O–H groups in total. The van der Waals surface area contributed by atoms with Gasteiger partial charge >= 0.3 is 0 Å².